The summed E-state index contributed by atoms with van der Waals surface area (Å²) < 4.78 is 16.7. The van der Waals surface area contributed by atoms with E-state index >= 15 is 0 Å². The molecule has 144 valence electrons. The first-order valence-corrected chi connectivity index (χ1v) is 9.64. The quantitative estimate of drug-likeness (QED) is 0.360. The van der Waals surface area contributed by atoms with Crippen LogP contribution in [0.3, 0.4) is 0 Å². The Kier molecular flexibility index (Phi) is 8.26. The Hall–Kier alpha value is -1.72. The Bertz CT molecular complexity index is 565. The van der Waals surface area contributed by atoms with Crippen LogP contribution in [0.25, 0.3) is 0 Å². The first kappa shape index (κ1) is 20.6. The van der Waals surface area contributed by atoms with Gasteiger partial charge in [0, 0.05) is 19.6 Å². The van der Waals surface area contributed by atoms with Crippen molar-refractivity contribution < 1.29 is 23.8 Å². The second-order valence-corrected chi connectivity index (χ2v) is 6.54. The second-order valence-electron chi connectivity index (χ2n) is 6.54. The molecule has 0 saturated carbocycles. The van der Waals surface area contributed by atoms with E-state index in [4.69, 9.17) is 14.2 Å². The number of carbonyl (C=O) groups is 2. The molecule has 0 aliphatic carbocycles. The van der Waals surface area contributed by atoms with Gasteiger partial charge in [-0.25, -0.2) is 0 Å². The molecule has 5 heteroatoms. The van der Waals surface area contributed by atoms with Crippen LogP contribution in [0.4, 0.5) is 0 Å². The highest BCUT2D eigenvalue weighted by Crippen LogP contribution is 2.34. The molecule has 1 saturated heterocycles. The SMILES string of the molecule is CCOC(=O)[C@](CCCO[C@H]1CCCCO1)(C(=O)CC)c1ccccc1. The van der Waals surface area contributed by atoms with Crippen LogP contribution >= 0.6 is 0 Å². The van der Waals surface area contributed by atoms with Gasteiger partial charge >= 0.3 is 5.97 Å². The van der Waals surface area contributed by atoms with Crippen LogP contribution in [-0.2, 0) is 29.2 Å². The van der Waals surface area contributed by atoms with Crippen molar-refractivity contribution in [3.63, 3.8) is 0 Å². The fourth-order valence-corrected chi connectivity index (χ4v) is 3.45. The summed E-state index contributed by atoms with van der Waals surface area (Å²) in [5, 5.41) is 0. The zero-order valence-corrected chi connectivity index (χ0v) is 15.9. The highest BCUT2D eigenvalue weighted by Gasteiger charge is 2.47. The highest BCUT2D eigenvalue weighted by atomic mass is 16.7. The zero-order valence-electron chi connectivity index (χ0n) is 15.9. The molecule has 0 spiro atoms. The average molecular weight is 362 g/mol. The van der Waals surface area contributed by atoms with Gasteiger partial charge in [0.05, 0.1) is 6.61 Å². The van der Waals surface area contributed by atoms with E-state index in [9.17, 15) is 9.59 Å². The molecule has 5 nitrogen and oxygen atoms in total. The van der Waals surface area contributed by atoms with Crippen molar-refractivity contribution in [3.05, 3.63) is 35.9 Å². The summed E-state index contributed by atoms with van der Waals surface area (Å²) >= 11 is 0. The fraction of sp³-hybridized carbons (Fsp3) is 0.619. The first-order chi connectivity index (χ1) is 12.6. The average Bonchev–Trinajstić information content (AvgIpc) is 2.69. The Balaban J connectivity index is 2.13. The lowest BCUT2D eigenvalue weighted by Crippen LogP contribution is -2.45. The minimum absolute atomic E-state index is 0.115. The fourth-order valence-electron chi connectivity index (χ4n) is 3.45. The van der Waals surface area contributed by atoms with Crippen LogP contribution in [0.5, 0.6) is 0 Å². The maximum absolute atomic E-state index is 12.9. The molecular weight excluding hydrogens is 332 g/mol. The van der Waals surface area contributed by atoms with Crippen molar-refractivity contribution in [3.8, 4) is 0 Å². The maximum atomic E-state index is 12.9. The van der Waals surface area contributed by atoms with Crippen molar-refractivity contribution in [2.45, 2.75) is 64.1 Å². The van der Waals surface area contributed by atoms with E-state index in [-0.39, 0.29) is 25.1 Å². The van der Waals surface area contributed by atoms with Crippen LogP contribution in [0.15, 0.2) is 30.3 Å². The standard InChI is InChI=1S/C21H30O5/c1-3-18(22)21(20(23)24-4-2,17-11-6-5-7-12-17)14-10-16-26-19-13-8-9-15-25-19/h5-7,11-12,19H,3-4,8-10,13-16H2,1-2H3/t19-,21-/m0/s1. The van der Waals surface area contributed by atoms with Crippen LogP contribution in [0, 0.1) is 0 Å². The van der Waals surface area contributed by atoms with E-state index < -0.39 is 11.4 Å². The minimum atomic E-state index is -1.26. The Morgan fingerprint density at radius 3 is 2.58 bits per heavy atom. The summed E-state index contributed by atoms with van der Waals surface area (Å²) in [4.78, 5) is 25.7. The van der Waals surface area contributed by atoms with Crippen LogP contribution < -0.4 is 0 Å². The molecule has 1 aliphatic rings. The number of ketones is 1. The summed E-state index contributed by atoms with van der Waals surface area (Å²) in [7, 11) is 0. The van der Waals surface area contributed by atoms with E-state index in [0.29, 0.717) is 25.0 Å². The predicted molar refractivity (Wildman–Crippen MR) is 98.8 cm³/mol. The molecule has 2 rings (SSSR count). The van der Waals surface area contributed by atoms with Gasteiger partial charge in [0.1, 0.15) is 0 Å². The Morgan fingerprint density at radius 2 is 1.96 bits per heavy atom. The summed E-state index contributed by atoms with van der Waals surface area (Å²) in [6, 6.07) is 9.22. The zero-order chi connectivity index (χ0) is 18.8. The third kappa shape index (κ3) is 4.92. The molecule has 1 aliphatic heterocycles. The van der Waals surface area contributed by atoms with E-state index in [1.165, 1.54) is 0 Å². The molecule has 1 heterocycles. The minimum Gasteiger partial charge on any atom is -0.465 e. The lowest BCUT2D eigenvalue weighted by Gasteiger charge is -2.31. The second kappa shape index (κ2) is 10.4. The van der Waals surface area contributed by atoms with Crippen molar-refractivity contribution >= 4 is 11.8 Å². The number of esters is 1. The number of hydrogen-bond acceptors (Lipinski definition) is 5. The largest absolute Gasteiger partial charge is 0.465 e. The summed E-state index contributed by atoms with van der Waals surface area (Å²) in [6.45, 7) is 4.97. The Morgan fingerprint density at radius 1 is 1.19 bits per heavy atom. The summed E-state index contributed by atoms with van der Waals surface area (Å²) in [5.41, 5.74) is -0.567. The predicted octanol–water partition coefficient (Wildman–Crippen LogP) is 3.79. The van der Waals surface area contributed by atoms with Gasteiger partial charge in [-0.1, -0.05) is 37.3 Å². The number of benzene rings is 1. The molecule has 0 aromatic heterocycles. The van der Waals surface area contributed by atoms with Gasteiger partial charge in [0.25, 0.3) is 0 Å². The van der Waals surface area contributed by atoms with E-state index in [2.05, 4.69) is 0 Å². The van der Waals surface area contributed by atoms with Gasteiger partial charge in [-0.3, -0.25) is 9.59 Å². The van der Waals surface area contributed by atoms with E-state index in [1.54, 1.807) is 13.8 Å². The number of Topliss-reactive ketones (excluding diaryl/α,β-unsaturated/α-hetero) is 1. The molecule has 1 aromatic carbocycles. The smallest absolute Gasteiger partial charge is 0.324 e. The third-order valence-electron chi connectivity index (χ3n) is 4.83. The normalized spacial score (nSPS) is 19.5. The molecule has 0 bridgehead atoms. The summed E-state index contributed by atoms with van der Waals surface area (Å²) in [6.07, 6.45) is 4.14. The van der Waals surface area contributed by atoms with Crippen molar-refractivity contribution in [2.75, 3.05) is 19.8 Å². The number of carbonyl (C=O) groups excluding carboxylic acids is 2. The molecule has 2 atom stereocenters. The lowest BCUT2D eigenvalue weighted by atomic mass is 9.72. The van der Waals surface area contributed by atoms with Gasteiger partial charge < -0.3 is 14.2 Å². The van der Waals surface area contributed by atoms with Gasteiger partial charge in [0.15, 0.2) is 17.5 Å². The molecule has 1 aromatic rings. The molecule has 26 heavy (non-hydrogen) atoms. The van der Waals surface area contributed by atoms with Crippen LogP contribution in [0.1, 0.15) is 57.9 Å². The number of hydrogen-bond donors (Lipinski definition) is 0. The molecule has 0 unspecified atom stereocenters. The van der Waals surface area contributed by atoms with Crippen LogP contribution in [0.2, 0.25) is 0 Å². The topological polar surface area (TPSA) is 61.8 Å². The Labute approximate surface area is 156 Å². The first-order valence-electron chi connectivity index (χ1n) is 9.64. The monoisotopic (exact) mass is 362 g/mol. The van der Waals surface area contributed by atoms with E-state index in [0.717, 1.165) is 25.9 Å². The van der Waals surface area contributed by atoms with Gasteiger partial charge in [-0.05, 0) is 44.6 Å². The van der Waals surface area contributed by atoms with Gasteiger partial charge in [-0.15, -0.1) is 0 Å². The van der Waals surface area contributed by atoms with Crippen molar-refractivity contribution in [2.24, 2.45) is 0 Å². The van der Waals surface area contributed by atoms with Crippen molar-refractivity contribution in [1.29, 1.82) is 0 Å². The molecule has 1 fully saturated rings. The number of ether oxygens (including phenoxy) is 3. The lowest BCUT2D eigenvalue weighted by molar-refractivity contribution is -0.164. The van der Waals surface area contributed by atoms with Gasteiger partial charge in [0.2, 0.25) is 0 Å². The molecule has 0 N–H and O–H groups in total. The van der Waals surface area contributed by atoms with Crippen LogP contribution in [-0.4, -0.2) is 37.9 Å². The van der Waals surface area contributed by atoms with E-state index in [1.807, 2.05) is 30.3 Å². The highest BCUT2D eigenvalue weighted by molar-refractivity contribution is 6.09. The number of rotatable bonds is 10. The summed E-state index contributed by atoms with van der Waals surface area (Å²) in [5.74, 6) is -0.581. The molecular formula is C21H30O5. The maximum Gasteiger partial charge on any atom is 0.324 e. The molecule has 0 amide bonds. The van der Waals surface area contributed by atoms with Crippen molar-refractivity contribution in [1.82, 2.24) is 0 Å². The van der Waals surface area contributed by atoms with Gasteiger partial charge in [-0.2, -0.15) is 0 Å². The molecule has 0 radical (unpaired) electrons. The third-order valence-corrected chi connectivity index (χ3v) is 4.83.